The number of aromatic nitrogens is 2. The van der Waals surface area contributed by atoms with Gasteiger partial charge in [-0.25, -0.2) is 0 Å². The van der Waals surface area contributed by atoms with E-state index in [2.05, 4.69) is 15.5 Å². The van der Waals surface area contributed by atoms with Gasteiger partial charge in [0.1, 0.15) is 5.69 Å². The molecule has 16 heavy (non-hydrogen) atoms. The molecule has 1 amide bonds. The Morgan fingerprint density at radius 3 is 2.75 bits per heavy atom. The van der Waals surface area contributed by atoms with E-state index in [-0.39, 0.29) is 5.91 Å². The van der Waals surface area contributed by atoms with Gasteiger partial charge >= 0.3 is 0 Å². The first-order valence-corrected chi connectivity index (χ1v) is 5.09. The van der Waals surface area contributed by atoms with Crippen LogP contribution >= 0.6 is 0 Å². The smallest absolute Gasteiger partial charge is 0.269 e. The number of carbonyl (C=O) groups is 1. The summed E-state index contributed by atoms with van der Waals surface area (Å²) in [7, 11) is 0. The summed E-state index contributed by atoms with van der Waals surface area (Å²) in [5.74, 6) is -0.126. The van der Waals surface area contributed by atoms with Crippen LogP contribution in [0.25, 0.3) is 0 Å². The summed E-state index contributed by atoms with van der Waals surface area (Å²) < 4.78 is 0. The molecule has 0 atom stereocenters. The summed E-state index contributed by atoms with van der Waals surface area (Å²) in [5, 5.41) is 9.32. The van der Waals surface area contributed by atoms with Gasteiger partial charge in [-0.2, -0.15) is 5.10 Å². The highest BCUT2D eigenvalue weighted by molar-refractivity contribution is 5.93. The molecular formula is C12H13N3O. The van der Waals surface area contributed by atoms with E-state index in [1.165, 1.54) is 0 Å². The molecule has 0 aliphatic rings. The van der Waals surface area contributed by atoms with Gasteiger partial charge in [-0.3, -0.25) is 9.89 Å². The van der Waals surface area contributed by atoms with Crippen molar-refractivity contribution >= 4 is 5.91 Å². The van der Waals surface area contributed by atoms with E-state index in [9.17, 15) is 4.79 Å². The van der Waals surface area contributed by atoms with Gasteiger partial charge in [0.05, 0.1) is 6.20 Å². The van der Waals surface area contributed by atoms with Crippen LogP contribution in [0.2, 0.25) is 0 Å². The van der Waals surface area contributed by atoms with Crippen molar-refractivity contribution in [2.45, 2.75) is 13.5 Å². The van der Waals surface area contributed by atoms with Crippen LogP contribution in [-0.2, 0) is 6.54 Å². The van der Waals surface area contributed by atoms with Crippen LogP contribution in [0.3, 0.4) is 0 Å². The maximum atomic E-state index is 11.7. The molecule has 0 aliphatic heterocycles. The van der Waals surface area contributed by atoms with Crippen LogP contribution in [0.15, 0.2) is 36.5 Å². The first-order chi connectivity index (χ1) is 7.77. The molecule has 0 unspecified atom stereocenters. The van der Waals surface area contributed by atoms with E-state index in [0.29, 0.717) is 12.2 Å². The minimum Gasteiger partial charge on any atom is -0.347 e. The molecule has 1 heterocycles. The maximum Gasteiger partial charge on any atom is 0.269 e. The van der Waals surface area contributed by atoms with Gasteiger partial charge in [0.2, 0.25) is 0 Å². The van der Waals surface area contributed by atoms with Gasteiger partial charge in [-0.15, -0.1) is 0 Å². The molecule has 2 N–H and O–H groups in total. The predicted octanol–water partition coefficient (Wildman–Crippen LogP) is 1.65. The SMILES string of the molecule is Cc1cn[nH]c1C(=O)NCc1ccccc1. The fourth-order valence-corrected chi connectivity index (χ4v) is 1.44. The number of nitrogens with zero attached hydrogens (tertiary/aromatic N) is 1. The molecule has 0 spiro atoms. The normalized spacial score (nSPS) is 10.1. The first-order valence-electron chi connectivity index (χ1n) is 5.09. The van der Waals surface area contributed by atoms with E-state index < -0.39 is 0 Å². The highest BCUT2D eigenvalue weighted by atomic mass is 16.1. The molecule has 0 aliphatic carbocycles. The maximum absolute atomic E-state index is 11.7. The Kier molecular flexibility index (Phi) is 3.00. The summed E-state index contributed by atoms with van der Waals surface area (Å²) in [6, 6.07) is 9.79. The molecule has 1 aromatic carbocycles. The van der Waals surface area contributed by atoms with Crippen molar-refractivity contribution in [1.82, 2.24) is 15.5 Å². The summed E-state index contributed by atoms with van der Waals surface area (Å²) in [6.07, 6.45) is 1.64. The molecule has 0 saturated heterocycles. The van der Waals surface area contributed by atoms with Crippen molar-refractivity contribution in [3.05, 3.63) is 53.3 Å². The number of hydrogen-bond donors (Lipinski definition) is 2. The second-order valence-electron chi connectivity index (χ2n) is 3.60. The summed E-state index contributed by atoms with van der Waals surface area (Å²) in [5.41, 5.74) is 2.45. The topological polar surface area (TPSA) is 57.8 Å². The molecule has 2 aromatic rings. The third kappa shape index (κ3) is 2.28. The molecule has 4 heteroatoms. The Morgan fingerprint density at radius 1 is 1.38 bits per heavy atom. The fraction of sp³-hybridized carbons (Fsp3) is 0.167. The van der Waals surface area contributed by atoms with E-state index in [0.717, 1.165) is 11.1 Å². The van der Waals surface area contributed by atoms with Gasteiger partial charge in [0, 0.05) is 6.54 Å². The molecule has 82 valence electrons. The lowest BCUT2D eigenvalue weighted by Gasteiger charge is -2.04. The van der Waals surface area contributed by atoms with Crippen molar-refractivity contribution in [2.24, 2.45) is 0 Å². The zero-order chi connectivity index (χ0) is 11.4. The predicted molar refractivity (Wildman–Crippen MR) is 60.9 cm³/mol. The Balaban J connectivity index is 1.97. The molecule has 0 saturated carbocycles. The van der Waals surface area contributed by atoms with E-state index in [4.69, 9.17) is 0 Å². The molecule has 4 nitrogen and oxygen atoms in total. The van der Waals surface area contributed by atoms with Crippen LogP contribution in [0.5, 0.6) is 0 Å². The Labute approximate surface area is 93.7 Å². The Hall–Kier alpha value is -2.10. The minimum absolute atomic E-state index is 0.126. The number of H-pyrrole nitrogens is 1. The van der Waals surface area contributed by atoms with Gasteiger partial charge in [0.15, 0.2) is 0 Å². The molecule has 0 bridgehead atoms. The van der Waals surface area contributed by atoms with Crippen LogP contribution < -0.4 is 5.32 Å². The second-order valence-corrected chi connectivity index (χ2v) is 3.60. The van der Waals surface area contributed by atoms with E-state index in [1.54, 1.807) is 6.20 Å². The summed E-state index contributed by atoms with van der Waals surface area (Å²) in [4.78, 5) is 11.7. The number of aryl methyl sites for hydroxylation is 1. The van der Waals surface area contributed by atoms with Gasteiger partial charge < -0.3 is 5.32 Å². The fourth-order valence-electron chi connectivity index (χ4n) is 1.44. The number of nitrogens with one attached hydrogen (secondary N) is 2. The van der Waals surface area contributed by atoms with Crippen LogP contribution in [0, 0.1) is 6.92 Å². The highest BCUT2D eigenvalue weighted by Crippen LogP contribution is 2.03. The number of benzene rings is 1. The quantitative estimate of drug-likeness (QED) is 0.817. The van der Waals surface area contributed by atoms with Gasteiger partial charge in [0.25, 0.3) is 5.91 Å². The number of hydrogen-bond acceptors (Lipinski definition) is 2. The van der Waals surface area contributed by atoms with Gasteiger partial charge in [-0.1, -0.05) is 30.3 Å². The lowest BCUT2D eigenvalue weighted by molar-refractivity contribution is 0.0945. The zero-order valence-corrected chi connectivity index (χ0v) is 9.03. The van der Waals surface area contributed by atoms with E-state index >= 15 is 0 Å². The van der Waals surface area contributed by atoms with Crippen molar-refractivity contribution in [2.75, 3.05) is 0 Å². The number of amides is 1. The standard InChI is InChI=1S/C12H13N3O/c1-9-7-14-15-11(9)12(16)13-8-10-5-3-2-4-6-10/h2-7H,8H2,1H3,(H,13,16)(H,14,15). The van der Waals surface area contributed by atoms with Crippen molar-refractivity contribution in [3.8, 4) is 0 Å². The first kappa shape index (κ1) is 10.4. The number of carbonyl (C=O) groups excluding carboxylic acids is 1. The molecule has 0 fully saturated rings. The average Bonchev–Trinajstić information content (AvgIpc) is 2.74. The summed E-state index contributed by atoms with van der Waals surface area (Å²) in [6.45, 7) is 2.37. The molecular weight excluding hydrogens is 202 g/mol. The monoisotopic (exact) mass is 215 g/mol. The van der Waals surface area contributed by atoms with Crippen molar-refractivity contribution < 1.29 is 4.79 Å². The van der Waals surface area contributed by atoms with E-state index in [1.807, 2.05) is 37.3 Å². The lowest BCUT2D eigenvalue weighted by atomic mass is 10.2. The van der Waals surface area contributed by atoms with Crippen LogP contribution in [-0.4, -0.2) is 16.1 Å². The lowest BCUT2D eigenvalue weighted by Crippen LogP contribution is -2.23. The van der Waals surface area contributed by atoms with Crippen LogP contribution in [0.1, 0.15) is 21.6 Å². The summed E-state index contributed by atoms with van der Waals surface area (Å²) >= 11 is 0. The Morgan fingerprint density at radius 2 is 2.12 bits per heavy atom. The van der Waals surface area contributed by atoms with Gasteiger partial charge in [-0.05, 0) is 18.1 Å². The zero-order valence-electron chi connectivity index (χ0n) is 9.03. The second kappa shape index (κ2) is 4.61. The van der Waals surface area contributed by atoms with Crippen molar-refractivity contribution in [1.29, 1.82) is 0 Å². The third-order valence-corrected chi connectivity index (χ3v) is 2.35. The Bertz CT molecular complexity index is 476. The average molecular weight is 215 g/mol. The van der Waals surface area contributed by atoms with Crippen LogP contribution in [0.4, 0.5) is 0 Å². The third-order valence-electron chi connectivity index (χ3n) is 2.35. The minimum atomic E-state index is -0.126. The molecule has 2 rings (SSSR count). The van der Waals surface area contributed by atoms with Crippen molar-refractivity contribution in [3.63, 3.8) is 0 Å². The largest absolute Gasteiger partial charge is 0.347 e. The molecule has 0 radical (unpaired) electrons. The molecule has 1 aromatic heterocycles. The highest BCUT2D eigenvalue weighted by Gasteiger charge is 2.09. The number of aromatic amines is 1. The number of rotatable bonds is 3.